The van der Waals surface area contributed by atoms with Crippen LogP contribution >= 0.6 is 11.3 Å². The molecule has 1 heterocycles. The molecule has 0 fully saturated rings. The molecule has 0 aliphatic carbocycles. The molecule has 4 heteroatoms. The van der Waals surface area contributed by atoms with Crippen LogP contribution in [-0.2, 0) is 12.0 Å². The predicted molar refractivity (Wildman–Crippen MR) is 79.9 cm³/mol. The minimum atomic E-state index is -0.320. The molecule has 1 aromatic heterocycles. The molecule has 102 valence electrons. The Morgan fingerprint density at radius 3 is 2.37 bits per heavy atom. The molecule has 19 heavy (non-hydrogen) atoms. The minimum Gasteiger partial charge on any atom is -0.497 e. The summed E-state index contributed by atoms with van der Waals surface area (Å²) in [6.07, 6.45) is 0.839. The van der Waals surface area contributed by atoms with Gasteiger partial charge in [0.1, 0.15) is 5.75 Å². The molecule has 0 aliphatic rings. The Hall–Kier alpha value is -1.39. The van der Waals surface area contributed by atoms with Crippen molar-refractivity contribution in [3.05, 3.63) is 45.4 Å². The number of hydrogen-bond donors (Lipinski definition) is 1. The topological polar surface area (TPSA) is 48.1 Å². The van der Waals surface area contributed by atoms with E-state index in [1.807, 2.05) is 32.9 Å². The lowest BCUT2D eigenvalue weighted by molar-refractivity contribution is 0.414. The first kappa shape index (κ1) is 14.0. The average molecular weight is 276 g/mol. The summed E-state index contributed by atoms with van der Waals surface area (Å²) < 4.78 is 5.16. The summed E-state index contributed by atoms with van der Waals surface area (Å²) in [5, 5.41) is 1.11. The summed E-state index contributed by atoms with van der Waals surface area (Å²) in [6, 6.07) is 8.10. The van der Waals surface area contributed by atoms with E-state index in [-0.39, 0.29) is 5.54 Å². The molecule has 0 spiro atoms. The van der Waals surface area contributed by atoms with Gasteiger partial charge in [-0.3, -0.25) is 0 Å². The van der Waals surface area contributed by atoms with Gasteiger partial charge in [0.15, 0.2) is 0 Å². The summed E-state index contributed by atoms with van der Waals surface area (Å²) in [5.41, 5.74) is 8.11. The second-order valence-corrected chi connectivity index (χ2v) is 6.35. The Morgan fingerprint density at radius 2 is 1.89 bits per heavy atom. The van der Waals surface area contributed by atoms with E-state index in [2.05, 4.69) is 17.1 Å². The van der Waals surface area contributed by atoms with E-state index in [9.17, 15) is 0 Å². The Balaban J connectivity index is 2.19. The van der Waals surface area contributed by atoms with Gasteiger partial charge >= 0.3 is 0 Å². The molecule has 0 unspecified atom stereocenters. The number of nitrogens with zero attached hydrogens (tertiary/aromatic N) is 1. The van der Waals surface area contributed by atoms with Crippen molar-refractivity contribution in [2.24, 2.45) is 5.73 Å². The maximum absolute atomic E-state index is 6.16. The fourth-order valence-electron chi connectivity index (χ4n) is 2.04. The highest BCUT2D eigenvalue weighted by Crippen LogP contribution is 2.29. The summed E-state index contributed by atoms with van der Waals surface area (Å²) in [6.45, 7) is 6.06. The predicted octanol–water partition coefficient (Wildman–Crippen LogP) is 3.24. The Kier molecular flexibility index (Phi) is 3.92. The number of aryl methyl sites for hydroxylation is 1. The number of methoxy groups -OCH3 is 1. The highest BCUT2D eigenvalue weighted by Gasteiger charge is 2.21. The van der Waals surface area contributed by atoms with Gasteiger partial charge < -0.3 is 10.5 Å². The number of ether oxygens (including phenoxy) is 1. The normalized spacial score (nSPS) is 11.6. The number of hydrogen-bond acceptors (Lipinski definition) is 4. The van der Waals surface area contributed by atoms with Crippen LogP contribution in [0.4, 0.5) is 0 Å². The third kappa shape index (κ3) is 3.33. The second kappa shape index (κ2) is 5.31. The van der Waals surface area contributed by atoms with Crippen LogP contribution in [0.2, 0.25) is 0 Å². The van der Waals surface area contributed by atoms with Crippen molar-refractivity contribution < 1.29 is 4.74 Å². The SMILES string of the molecule is COc1ccc(Cc2nc(C)c(C(C)(C)N)s2)cc1. The number of aromatic nitrogens is 1. The standard InChI is InChI=1S/C15H20N2OS/c1-10-14(15(2,3)16)19-13(17-10)9-11-5-7-12(18-4)8-6-11/h5-8H,9,16H2,1-4H3. The quantitative estimate of drug-likeness (QED) is 0.932. The lowest BCUT2D eigenvalue weighted by Crippen LogP contribution is -2.28. The van der Waals surface area contributed by atoms with Crippen LogP contribution < -0.4 is 10.5 Å². The van der Waals surface area contributed by atoms with Crippen LogP contribution in [0.15, 0.2) is 24.3 Å². The molecule has 0 saturated carbocycles. The van der Waals surface area contributed by atoms with Gasteiger partial charge in [0.2, 0.25) is 0 Å². The zero-order valence-electron chi connectivity index (χ0n) is 11.9. The summed E-state index contributed by atoms with van der Waals surface area (Å²) >= 11 is 1.70. The maximum atomic E-state index is 6.16. The van der Waals surface area contributed by atoms with Crippen LogP contribution in [0.3, 0.4) is 0 Å². The van der Waals surface area contributed by atoms with Crippen LogP contribution in [-0.4, -0.2) is 12.1 Å². The molecule has 1 aromatic carbocycles. The minimum absolute atomic E-state index is 0.320. The highest BCUT2D eigenvalue weighted by molar-refractivity contribution is 7.11. The van der Waals surface area contributed by atoms with Crippen LogP contribution in [0.1, 0.15) is 35.0 Å². The monoisotopic (exact) mass is 276 g/mol. The first-order chi connectivity index (χ1) is 8.90. The summed E-state index contributed by atoms with van der Waals surface area (Å²) in [4.78, 5) is 5.79. The number of rotatable bonds is 4. The van der Waals surface area contributed by atoms with Crippen LogP contribution in [0.25, 0.3) is 0 Å². The molecule has 0 saturated heterocycles. The molecular formula is C15H20N2OS. The van der Waals surface area contributed by atoms with Crippen molar-refractivity contribution in [2.45, 2.75) is 32.7 Å². The van der Waals surface area contributed by atoms with Gasteiger partial charge in [-0.15, -0.1) is 11.3 Å². The molecule has 2 aromatic rings. The zero-order valence-corrected chi connectivity index (χ0v) is 12.7. The molecule has 0 bridgehead atoms. The largest absolute Gasteiger partial charge is 0.497 e. The molecule has 0 radical (unpaired) electrons. The van der Waals surface area contributed by atoms with Gasteiger partial charge in [0.05, 0.1) is 17.8 Å². The van der Waals surface area contributed by atoms with Crippen molar-refractivity contribution in [1.29, 1.82) is 0 Å². The first-order valence-electron chi connectivity index (χ1n) is 6.28. The van der Waals surface area contributed by atoms with E-state index < -0.39 is 0 Å². The van der Waals surface area contributed by atoms with Gasteiger partial charge in [-0.05, 0) is 38.5 Å². The Morgan fingerprint density at radius 1 is 1.26 bits per heavy atom. The van der Waals surface area contributed by atoms with Crippen molar-refractivity contribution in [3.8, 4) is 5.75 Å². The zero-order chi connectivity index (χ0) is 14.0. The second-order valence-electron chi connectivity index (χ2n) is 5.27. The highest BCUT2D eigenvalue weighted by atomic mass is 32.1. The average Bonchev–Trinajstić information content (AvgIpc) is 2.71. The van der Waals surface area contributed by atoms with Crippen molar-refractivity contribution >= 4 is 11.3 Å². The molecule has 0 atom stereocenters. The maximum Gasteiger partial charge on any atom is 0.118 e. The van der Waals surface area contributed by atoms with E-state index in [0.717, 1.165) is 27.7 Å². The third-order valence-electron chi connectivity index (χ3n) is 2.94. The molecule has 2 N–H and O–H groups in total. The smallest absolute Gasteiger partial charge is 0.118 e. The Labute approximate surface area is 118 Å². The number of benzene rings is 1. The van der Waals surface area contributed by atoms with Crippen molar-refractivity contribution in [1.82, 2.24) is 4.98 Å². The molecular weight excluding hydrogens is 256 g/mol. The molecule has 0 amide bonds. The van der Waals surface area contributed by atoms with Crippen molar-refractivity contribution in [3.63, 3.8) is 0 Å². The Bertz CT molecular complexity index is 553. The summed E-state index contributed by atoms with van der Waals surface area (Å²) in [7, 11) is 1.68. The number of thiazole rings is 1. The van der Waals surface area contributed by atoms with E-state index >= 15 is 0 Å². The van der Waals surface area contributed by atoms with E-state index in [4.69, 9.17) is 10.5 Å². The van der Waals surface area contributed by atoms with Crippen molar-refractivity contribution in [2.75, 3.05) is 7.11 Å². The molecule has 0 aliphatic heterocycles. The van der Waals surface area contributed by atoms with Gasteiger partial charge in [0, 0.05) is 16.8 Å². The fourth-order valence-corrected chi connectivity index (χ4v) is 3.16. The lowest BCUT2D eigenvalue weighted by Gasteiger charge is -2.16. The van der Waals surface area contributed by atoms with Gasteiger partial charge in [-0.1, -0.05) is 12.1 Å². The molecule has 3 nitrogen and oxygen atoms in total. The van der Waals surface area contributed by atoms with E-state index in [1.54, 1.807) is 18.4 Å². The van der Waals surface area contributed by atoms with Crippen LogP contribution in [0.5, 0.6) is 5.75 Å². The number of nitrogens with two attached hydrogens (primary N) is 1. The molecule has 2 rings (SSSR count). The van der Waals surface area contributed by atoms with Gasteiger partial charge in [-0.25, -0.2) is 4.98 Å². The summed E-state index contributed by atoms with van der Waals surface area (Å²) in [5.74, 6) is 0.878. The fraction of sp³-hybridized carbons (Fsp3) is 0.400. The van der Waals surface area contributed by atoms with Gasteiger partial charge in [-0.2, -0.15) is 0 Å². The third-order valence-corrected chi connectivity index (χ3v) is 4.44. The first-order valence-corrected chi connectivity index (χ1v) is 7.10. The lowest BCUT2D eigenvalue weighted by atomic mass is 10.0. The van der Waals surface area contributed by atoms with E-state index in [1.165, 1.54) is 5.56 Å². The van der Waals surface area contributed by atoms with E-state index in [0.29, 0.717) is 0 Å². The van der Waals surface area contributed by atoms with Crippen LogP contribution in [0, 0.1) is 6.92 Å². The van der Waals surface area contributed by atoms with Gasteiger partial charge in [0.25, 0.3) is 0 Å².